The maximum atomic E-state index is 12.5. The highest BCUT2D eigenvalue weighted by molar-refractivity contribution is 5.97. The molecule has 0 spiro atoms. The molecule has 8 heteroatoms. The Morgan fingerprint density at radius 3 is 2.52 bits per heavy atom. The predicted octanol–water partition coefficient (Wildman–Crippen LogP) is 0.571. The predicted molar refractivity (Wildman–Crippen MR) is 95.4 cm³/mol. The molecule has 4 N–H and O–H groups in total. The lowest BCUT2D eigenvalue weighted by Crippen LogP contribution is -2.33. The SMILES string of the molecule is COc1cc(O)c2c(c1)/C=C/C[C@H](O)[C@H](O)C(=O)/C=C\[C@@H](O)[C@H](C)OC2=O. The molecule has 0 aromatic heterocycles. The van der Waals surface area contributed by atoms with Gasteiger partial charge < -0.3 is 29.9 Å². The third-order valence-corrected chi connectivity index (χ3v) is 4.12. The minimum Gasteiger partial charge on any atom is -0.507 e. The van der Waals surface area contributed by atoms with E-state index in [-0.39, 0.29) is 29.0 Å². The molecule has 0 fully saturated rings. The monoisotopic (exact) mass is 378 g/mol. The lowest BCUT2D eigenvalue weighted by atomic mass is 10.0. The van der Waals surface area contributed by atoms with Crippen LogP contribution in [0.4, 0.5) is 0 Å². The van der Waals surface area contributed by atoms with Crippen molar-refractivity contribution in [1.82, 2.24) is 0 Å². The van der Waals surface area contributed by atoms with Crippen molar-refractivity contribution in [2.24, 2.45) is 0 Å². The number of fused-ring (bicyclic) bond motifs is 1. The number of carbonyl (C=O) groups excluding carboxylic acids is 2. The second-order valence-corrected chi connectivity index (χ2v) is 6.12. The average Bonchev–Trinajstić information content (AvgIpc) is 2.63. The van der Waals surface area contributed by atoms with Gasteiger partial charge in [0, 0.05) is 6.07 Å². The van der Waals surface area contributed by atoms with Crippen LogP contribution in [0.1, 0.15) is 29.3 Å². The van der Waals surface area contributed by atoms with Gasteiger partial charge >= 0.3 is 5.97 Å². The fourth-order valence-electron chi connectivity index (χ4n) is 2.49. The molecule has 0 radical (unpaired) electrons. The first kappa shape index (κ1) is 20.6. The second kappa shape index (κ2) is 8.81. The average molecular weight is 378 g/mol. The lowest BCUT2D eigenvalue weighted by Gasteiger charge is -2.19. The van der Waals surface area contributed by atoms with Gasteiger partial charge in [0.05, 0.1) is 13.2 Å². The number of cyclic esters (lactones) is 1. The van der Waals surface area contributed by atoms with Gasteiger partial charge in [0.25, 0.3) is 0 Å². The van der Waals surface area contributed by atoms with Gasteiger partial charge in [0.1, 0.15) is 35.4 Å². The maximum absolute atomic E-state index is 12.5. The fraction of sp³-hybridized carbons (Fsp3) is 0.368. The Kier molecular flexibility index (Phi) is 6.73. The van der Waals surface area contributed by atoms with Crippen molar-refractivity contribution in [1.29, 1.82) is 0 Å². The van der Waals surface area contributed by atoms with Crippen molar-refractivity contribution in [2.75, 3.05) is 7.11 Å². The minimum absolute atomic E-state index is 0.0911. The first-order chi connectivity index (χ1) is 12.7. The largest absolute Gasteiger partial charge is 0.507 e. The van der Waals surface area contributed by atoms with E-state index < -0.39 is 36.2 Å². The van der Waals surface area contributed by atoms with Gasteiger partial charge in [-0.1, -0.05) is 12.2 Å². The number of ether oxygens (including phenoxy) is 2. The fourth-order valence-corrected chi connectivity index (χ4v) is 2.49. The number of esters is 1. The van der Waals surface area contributed by atoms with Crippen LogP contribution in [0.3, 0.4) is 0 Å². The van der Waals surface area contributed by atoms with Crippen LogP contribution < -0.4 is 4.74 Å². The van der Waals surface area contributed by atoms with Crippen LogP contribution in [0.2, 0.25) is 0 Å². The number of phenolic OH excluding ortho intramolecular Hbond substituents is 1. The van der Waals surface area contributed by atoms with Crippen LogP contribution in [0.15, 0.2) is 30.4 Å². The molecule has 0 unspecified atom stereocenters. The third kappa shape index (κ3) is 4.94. The highest BCUT2D eigenvalue weighted by Crippen LogP contribution is 2.30. The van der Waals surface area contributed by atoms with Gasteiger partial charge in [-0.15, -0.1) is 0 Å². The lowest BCUT2D eigenvalue weighted by molar-refractivity contribution is -0.127. The summed E-state index contributed by atoms with van der Waals surface area (Å²) in [4.78, 5) is 24.3. The van der Waals surface area contributed by atoms with E-state index in [0.717, 1.165) is 12.2 Å². The molecule has 1 aromatic carbocycles. The van der Waals surface area contributed by atoms with E-state index in [1.54, 1.807) is 0 Å². The van der Waals surface area contributed by atoms with Crippen LogP contribution in [0, 0.1) is 0 Å². The molecule has 1 aromatic rings. The van der Waals surface area contributed by atoms with Crippen molar-refractivity contribution in [3.8, 4) is 11.5 Å². The zero-order chi connectivity index (χ0) is 20.1. The molecule has 8 nitrogen and oxygen atoms in total. The number of benzene rings is 1. The highest BCUT2D eigenvalue weighted by atomic mass is 16.6. The summed E-state index contributed by atoms with van der Waals surface area (Å²) in [6.07, 6.45) is -0.646. The number of phenols is 1. The van der Waals surface area contributed by atoms with Crippen LogP contribution in [-0.2, 0) is 9.53 Å². The van der Waals surface area contributed by atoms with Gasteiger partial charge in [-0.05, 0) is 37.1 Å². The van der Waals surface area contributed by atoms with E-state index in [2.05, 4.69) is 0 Å². The number of aromatic hydroxyl groups is 1. The smallest absolute Gasteiger partial charge is 0.342 e. The van der Waals surface area contributed by atoms with E-state index >= 15 is 0 Å². The van der Waals surface area contributed by atoms with Crippen molar-refractivity contribution in [3.05, 3.63) is 41.5 Å². The standard InChI is InChI=1S/C19H22O8/c1-10-13(20)6-7-15(22)18(24)14(21)5-3-4-11-8-12(26-2)9-16(23)17(11)19(25)27-10/h3-4,6-10,13-14,18,20-21,23-24H,5H2,1-2H3/b4-3+,7-6-/t10-,13+,14-,18-/m0/s1. The summed E-state index contributed by atoms with van der Waals surface area (Å²) in [5, 5.41) is 40.0. The quantitative estimate of drug-likeness (QED) is 0.521. The van der Waals surface area contributed by atoms with E-state index in [1.165, 1.54) is 38.3 Å². The Morgan fingerprint density at radius 2 is 1.85 bits per heavy atom. The topological polar surface area (TPSA) is 134 Å². The number of ketones is 1. The van der Waals surface area contributed by atoms with Crippen molar-refractivity contribution >= 4 is 17.8 Å². The first-order valence-corrected chi connectivity index (χ1v) is 8.29. The van der Waals surface area contributed by atoms with Gasteiger partial charge in [-0.2, -0.15) is 0 Å². The van der Waals surface area contributed by atoms with Gasteiger partial charge in [0.2, 0.25) is 0 Å². The molecule has 2 rings (SSSR count). The zero-order valence-corrected chi connectivity index (χ0v) is 14.9. The van der Waals surface area contributed by atoms with Crippen LogP contribution >= 0.6 is 0 Å². The van der Waals surface area contributed by atoms with Gasteiger partial charge in [-0.25, -0.2) is 4.79 Å². The third-order valence-electron chi connectivity index (χ3n) is 4.12. The van der Waals surface area contributed by atoms with Crippen molar-refractivity contribution in [3.63, 3.8) is 0 Å². The normalized spacial score (nSPS) is 29.2. The van der Waals surface area contributed by atoms with E-state index in [0.29, 0.717) is 0 Å². The molecule has 1 aliphatic heterocycles. The summed E-state index contributed by atoms with van der Waals surface area (Å²) >= 11 is 0. The summed E-state index contributed by atoms with van der Waals surface area (Å²) in [7, 11) is 1.39. The molecule has 146 valence electrons. The Balaban J connectivity index is 2.50. The van der Waals surface area contributed by atoms with E-state index in [9.17, 15) is 30.0 Å². The molecule has 4 atom stereocenters. The molecule has 27 heavy (non-hydrogen) atoms. The van der Waals surface area contributed by atoms with E-state index in [1.807, 2.05) is 0 Å². The Bertz CT molecular complexity index is 767. The second-order valence-electron chi connectivity index (χ2n) is 6.12. The summed E-state index contributed by atoms with van der Waals surface area (Å²) < 4.78 is 10.2. The molecule has 0 aliphatic carbocycles. The summed E-state index contributed by atoms with van der Waals surface area (Å²) in [6, 6.07) is 2.73. The van der Waals surface area contributed by atoms with Crippen molar-refractivity contribution in [2.45, 2.75) is 37.8 Å². The van der Waals surface area contributed by atoms with E-state index in [4.69, 9.17) is 9.47 Å². The first-order valence-electron chi connectivity index (χ1n) is 8.29. The Hall–Kier alpha value is -2.68. The molecule has 0 amide bonds. The van der Waals surface area contributed by atoms with Crippen LogP contribution in [0.5, 0.6) is 11.5 Å². The molecule has 1 aliphatic rings. The highest BCUT2D eigenvalue weighted by Gasteiger charge is 2.25. The number of hydrogen-bond donors (Lipinski definition) is 4. The summed E-state index contributed by atoms with van der Waals surface area (Å²) in [5.41, 5.74) is 0.109. The van der Waals surface area contributed by atoms with Crippen molar-refractivity contribution < 1.29 is 39.5 Å². The molecule has 0 saturated carbocycles. The molecule has 0 saturated heterocycles. The van der Waals surface area contributed by atoms with Crippen LogP contribution in [0.25, 0.3) is 6.08 Å². The number of hydrogen-bond acceptors (Lipinski definition) is 8. The summed E-state index contributed by atoms with van der Waals surface area (Å²) in [5.74, 6) is -1.75. The van der Waals surface area contributed by atoms with Gasteiger partial charge in [-0.3, -0.25) is 4.79 Å². The summed E-state index contributed by atoms with van der Waals surface area (Å²) in [6.45, 7) is 1.41. The Morgan fingerprint density at radius 1 is 1.15 bits per heavy atom. The zero-order valence-electron chi connectivity index (χ0n) is 14.9. The van der Waals surface area contributed by atoms with Gasteiger partial charge in [0.15, 0.2) is 5.78 Å². The molecular formula is C19H22O8. The maximum Gasteiger partial charge on any atom is 0.342 e. The molecule has 1 heterocycles. The number of aliphatic hydroxyl groups excluding tert-OH is 3. The van der Waals surface area contributed by atoms with Crippen LogP contribution in [-0.4, -0.2) is 63.7 Å². The Labute approximate surface area is 156 Å². The number of methoxy groups -OCH3 is 1. The number of rotatable bonds is 1. The minimum atomic E-state index is -1.67. The number of carbonyl (C=O) groups is 2. The molecule has 0 bridgehead atoms. The number of aliphatic hydroxyl groups is 3. The molecular weight excluding hydrogens is 356 g/mol.